The van der Waals surface area contributed by atoms with E-state index >= 15 is 0 Å². The van der Waals surface area contributed by atoms with Gasteiger partial charge in [-0.2, -0.15) is 0 Å². The molecule has 0 saturated carbocycles. The van der Waals surface area contributed by atoms with Gasteiger partial charge in [-0.1, -0.05) is 26.0 Å². The number of hydrogen-bond donors (Lipinski definition) is 1. The van der Waals surface area contributed by atoms with Crippen LogP contribution < -0.4 is 5.32 Å². The van der Waals surface area contributed by atoms with Crippen LogP contribution in [-0.2, 0) is 9.53 Å². The first-order valence-electron chi connectivity index (χ1n) is 7.91. The largest absolute Gasteiger partial charge is 0.451 e. The van der Waals surface area contributed by atoms with E-state index in [1.165, 1.54) is 16.9 Å². The van der Waals surface area contributed by atoms with Crippen LogP contribution >= 0.6 is 11.3 Å². The Morgan fingerprint density at radius 1 is 1.25 bits per heavy atom. The van der Waals surface area contributed by atoms with Gasteiger partial charge in [0.2, 0.25) is 0 Å². The number of nitrogens with one attached hydrogen (secondary N) is 1. The smallest absolute Gasteiger partial charge is 0.350 e. The maximum atomic E-state index is 12.0. The number of nitrogens with zero attached hydrogens (tertiary/aromatic N) is 1. The summed E-state index contributed by atoms with van der Waals surface area (Å²) >= 11 is 1.27. The minimum atomic E-state index is -0.514. The van der Waals surface area contributed by atoms with Crippen molar-refractivity contribution in [1.82, 2.24) is 4.98 Å². The molecule has 0 unspecified atom stereocenters. The maximum Gasteiger partial charge on any atom is 0.350 e. The summed E-state index contributed by atoms with van der Waals surface area (Å²) < 4.78 is 5.06. The summed E-state index contributed by atoms with van der Waals surface area (Å²) in [6, 6.07) is 7.72. The molecular weight excluding hydrogens is 324 g/mol. The Bertz CT molecular complexity index is 722. The average Bonchev–Trinajstić information content (AvgIpc) is 2.91. The molecule has 0 bridgehead atoms. The van der Waals surface area contributed by atoms with Crippen molar-refractivity contribution in [3.63, 3.8) is 0 Å². The third-order valence-electron chi connectivity index (χ3n) is 3.80. The van der Waals surface area contributed by atoms with E-state index in [4.69, 9.17) is 4.74 Å². The highest BCUT2D eigenvalue weighted by molar-refractivity contribution is 7.13. The van der Waals surface area contributed by atoms with Crippen molar-refractivity contribution in [2.45, 2.75) is 40.0 Å². The monoisotopic (exact) mass is 346 g/mol. The predicted molar refractivity (Wildman–Crippen MR) is 95.6 cm³/mol. The topological polar surface area (TPSA) is 68.3 Å². The number of anilines is 1. The Morgan fingerprint density at radius 3 is 2.46 bits per heavy atom. The summed E-state index contributed by atoms with van der Waals surface area (Å²) in [5.41, 5.74) is 2.55. The van der Waals surface area contributed by atoms with Gasteiger partial charge in [0.1, 0.15) is 4.88 Å². The zero-order valence-corrected chi connectivity index (χ0v) is 15.2. The van der Waals surface area contributed by atoms with Gasteiger partial charge in [0.15, 0.2) is 6.61 Å². The molecule has 2 aromatic rings. The molecule has 1 aromatic carbocycles. The molecule has 0 aliphatic rings. The molecule has 1 heterocycles. The molecule has 0 saturated heterocycles. The number of esters is 1. The lowest BCUT2D eigenvalue weighted by molar-refractivity contribution is -0.119. The summed E-state index contributed by atoms with van der Waals surface area (Å²) in [6.07, 6.45) is 1.07. The number of thiazole rings is 1. The second kappa shape index (κ2) is 8.06. The van der Waals surface area contributed by atoms with Crippen LogP contribution in [-0.4, -0.2) is 23.5 Å². The number of ether oxygens (including phenoxy) is 1. The third kappa shape index (κ3) is 4.64. The average molecular weight is 346 g/mol. The lowest BCUT2D eigenvalue weighted by Gasteiger charge is -2.10. The summed E-state index contributed by atoms with van der Waals surface area (Å²) in [7, 11) is 0. The van der Waals surface area contributed by atoms with E-state index in [-0.39, 0.29) is 12.5 Å². The Labute approximate surface area is 146 Å². The summed E-state index contributed by atoms with van der Waals surface area (Å²) in [4.78, 5) is 28.5. The van der Waals surface area contributed by atoms with Crippen molar-refractivity contribution in [1.29, 1.82) is 0 Å². The fourth-order valence-electron chi connectivity index (χ4n) is 2.25. The fraction of sp³-hybridized carbons (Fsp3) is 0.389. The van der Waals surface area contributed by atoms with E-state index in [1.807, 2.05) is 31.2 Å². The van der Waals surface area contributed by atoms with Gasteiger partial charge >= 0.3 is 5.97 Å². The summed E-state index contributed by atoms with van der Waals surface area (Å²) in [6.45, 7) is 7.56. The lowest BCUT2D eigenvalue weighted by Crippen LogP contribution is -2.20. The number of rotatable bonds is 6. The number of carbonyl (C=O) groups is 2. The minimum Gasteiger partial charge on any atom is -0.451 e. The van der Waals surface area contributed by atoms with Gasteiger partial charge < -0.3 is 10.1 Å². The molecule has 1 amide bonds. The molecule has 0 aliphatic heterocycles. The van der Waals surface area contributed by atoms with E-state index in [0.717, 1.165) is 11.4 Å². The first-order valence-corrected chi connectivity index (χ1v) is 8.73. The highest BCUT2D eigenvalue weighted by Crippen LogP contribution is 2.21. The molecule has 1 atom stereocenters. The standard InChI is InChI=1S/C18H22N2O3S/c1-5-11(2)14-6-8-15(9-7-14)20-16(21)10-23-18(22)17-12(3)19-13(4)24-17/h6-9,11H,5,10H2,1-4H3,(H,20,21)/t11-/m0/s1. The van der Waals surface area contributed by atoms with Gasteiger partial charge in [0.25, 0.3) is 5.91 Å². The van der Waals surface area contributed by atoms with Crippen LogP contribution in [0, 0.1) is 13.8 Å². The van der Waals surface area contributed by atoms with Gasteiger partial charge in [-0.15, -0.1) is 11.3 Å². The van der Waals surface area contributed by atoms with Crippen LogP contribution in [0.5, 0.6) is 0 Å². The van der Waals surface area contributed by atoms with Crippen LogP contribution in [0.2, 0.25) is 0 Å². The maximum absolute atomic E-state index is 12.0. The van der Waals surface area contributed by atoms with E-state index in [1.54, 1.807) is 6.92 Å². The number of aromatic nitrogens is 1. The summed E-state index contributed by atoms with van der Waals surface area (Å²) in [5, 5.41) is 3.52. The molecule has 0 fully saturated rings. The zero-order valence-electron chi connectivity index (χ0n) is 14.4. The fourth-order valence-corrected chi connectivity index (χ4v) is 3.06. The Morgan fingerprint density at radius 2 is 1.92 bits per heavy atom. The molecule has 0 spiro atoms. The Hall–Kier alpha value is -2.21. The van der Waals surface area contributed by atoms with Crippen LogP contribution in [0.3, 0.4) is 0 Å². The highest BCUT2D eigenvalue weighted by atomic mass is 32.1. The number of amides is 1. The quantitative estimate of drug-likeness (QED) is 0.801. The normalized spacial score (nSPS) is 11.8. The number of hydrogen-bond acceptors (Lipinski definition) is 5. The zero-order chi connectivity index (χ0) is 17.7. The SMILES string of the molecule is CC[C@H](C)c1ccc(NC(=O)COC(=O)c2sc(C)nc2C)cc1. The van der Waals surface area contributed by atoms with Crippen LogP contribution in [0.1, 0.15) is 52.1 Å². The van der Waals surface area contributed by atoms with Crippen LogP contribution in [0.15, 0.2) is 24.3 Å². The van der Waals surface area contributed by atoms with Crippen molar-refractivity contribution in [2.24, 2.45) is 0 Å². The Kier molecular flexibility index (Phi) is 6.09. The number of carbonyl (C=O) groups excluding carboxylic acids is 2. The molecule has 24 heavy (non-hydrogen) atoms. The number of benzene rings is 1. The van der Waals surface area contributed by atoms with Crippen LogP contribution in [0.4, 0.5) is 5.69 Å². The predicted octanol–water partition coefficient (Wildman–Crippen LogP) is 4.07. The van der Waals surface area contributed by atoms with E-state index < -0.39 is 5.97 Å². The first-order chi connectivity index (χ1) is 11.4. The van der Waals surface area contributed by atoms with Gasteiger partial charge in [-0.25, -0.2) is 9.78 Å². The van der Waals surface area contributed by atoms with Crippen molar-refractivity contribution < 1.29 is 14.3 Å². The van der Waals surface area contributed by atoms with E-state index in [2.05, 4.69) is 24.1 Å². The van der Waals surface area contributed by atoms with Crippen molar-refractivity contribution >= 4 is 28.9 Å². The lowest BCUT2D eigenvalue weighted by atomic mass is 9.99. The minimum absolute atomic E-state index is 0.317. The molecule has 1 aromatic heterocycles. The second-order valence-corrected chi connectivity index (χ2v) is 6.91. The van der Waals surface area contributed by atoms with Gasteiger partial charge in [0.05, 0.1) is 10.7 Å². The molecule has 2 rings (SSSR count). The first kappa shape index (κ1) is 18.1. The van der Waals surface area contributed by atoms with Crippen molar-refractivity contribution in [3.05, 3.63) is 45.4 Å². The van der Waals surface area contributed by atoms with E-state index in [0.29, 0.717) is 22.2 Å². The molecular formula is C18H22N2O3S. The van der Waals surface area contributed by atoms with Gasteiger partial charge in [-0.3, -0.25) is 4.79 Å². The van der Waals surface area contributed by atoms with E-state index in [9.17, 15) is 9.59 Å². The van der Waals surface area contributed by atoms with Gasteiger partial charge in [0, 0.05) is 5.69 Å². The van der Waals surface area contributed by atoms with Crippen LogP contribution in [0.25, 0.3) is 0 Å². The van der Waals surface area contributed by atoms with Gasteiger partial charge in [-0.05, 0) is 43.9 Å². The number of aryl methyl sites for hydroxylation is 2. The third-order valence-corrected chi connectivity index (χ3v) is 4.85. The highest BCUT2D eigenvalue weighted by Gasteiger charge is 2.16. The molecule has 1 N–H and O–H groups in total. The molecule has 6 heteroatoms. The molecule has 0 aliphatic carbocycles. The summed E-state index contributed by atoms with van der Waals surface area (Å²) in [5.74, 6) is -0.388. The Balaban J connectivity index is 1.87. The molecule has 0 radical (unpaired) electrons. The second-order valence-electron chi connectivity index (χ2n) is 5.70. The molecule has 5 nitrogen and oxygen atoms in total. The van der Waals surface area contributed by atoms with Crippen molar-refractivity contribution in [2.75, 3.05) is 11.9 Å². The van der Waals surface area contributed by atoms with Crippen molar-refractivity contribution in [3.8, 4) is 0 Å². The molecule has 128 valence electrons.